The second kappa shape index (κ2) is 40.9. The van der Waals surface area contributed by atoms with Crippen LogP contribution < -0.4 is 13.7 Å². The summed E-state index contributed by atoms with van der Waals surface area (Å²) in [6, 6.07) is 25.8. The summed E-state index contributed by atoms with van der Waals surface area (Å²) in [5.41, 5.74) is 10.3. The number of aryl methyl sites for hydroxylation is 6. The third-order valence-electron chi connectivity index (χ3n) is 11.9. The lowest BCUT2D eigenvalue weighted by molar-refractivity contribution is -0.697. The minimum atomic E-state index is 0.859. The largest absolute Gasteiger partial charge is 0.205 e. The van der Waals surface area contributed by atoms with Crippen molar-refractivity contribution in [3.8, 4) is 71.0 Å². The van der Waals surface area contributed by atoms with Gasteiger partial charge in [-0.25, -0.2) is 13.7 Å². The second-order valence-corrected chi connectivity index (χ2v) is 21.1. The minimum absolute atomic E-state index is 0.859. The van der Waals surface area contributed by atoms with Crippen LogP contribution in [0, 0.1) is 71.0 Å². The molecule has 5 rings (SSSR count). The van der Waals surface area contributed by atoms with Gasteiger partial charge >= 0.3 is 0 Å². The van der Waals surface area contributed by atoms with E-state index in [1.54, 1.807) is 0 Å². The Morgan fingerprint density at radius 3 is 0.800 bits per heavy atom. The monoisotopic (exact) mass is 1190 g/mol. The van der Waals surface area contributed by atoms with Gasteiger partial charge in [0.15, 0.2) is 37.2 Å². The Morgan fingerprint density at radius 2 is 0.573 bits per heavy atom. The zero-order chi connectivity index (χ0) is 53.2. The first kappa shape index (κ1) is 62.2. The molecule has 3 nitrogen and oxygen atoms in total. The fourth-order valence-electron chi connectivity index (χ4n) is 7.92. The molecule has 390 valence electrons. The molecule has 0 amide bonds. The van der Waals surface area contributed by atoms with Gasteiger partial charge in [-0.05, 0) is 112 Å². The van der Waals surface area contributed by atoms with Gasteiger partial charge in [0, 0.05) is 142 Å². The van der Waals surface area contributed by atoms with Crippen LogP contribution in [-0.4, -0.2) is 16.0 Å². The van der Waals surface area contributed by atoms with Crippen molar-refractivity contribution in [3.63, 3.8) is 0 Å². The van der Waals surface area contributed by atoms with E-state index in [1.807, 2.05) is 0 Å². The maximum Gasteiger partial charge on any atom is 0.171 e. The lowest BCUT2D eigenvalue weighted by Crippen LogP contribution is -2.33. The molecule has 0 aliphatic heterocycles. The molecule has 5 aromatic rings. The predicted octanol–water partition coefficient (Wildman–Crippen LogP) is 15.3. The molecule has 75 heavy (non-hydrogen) atoms. The number of alkyl halides is 3. The van der Waals surface area contributed by atoms with Crippen LogP contribution in [0.4, 0.5) is 0 Å². The van der Waals surface area contributed by atoms with Crippen LogP contribution in [0.5, 0.6) is 0 Å². The summed E-state index contributed by atoms with van der Waals surface area (Å²) in [6.45, 7) is 9.70. The molecule has 6 heteroatoms. The quantitative estimate of drug-likeness (QED) is 0.0253. The van der Waals surface area contributed by atoms with Gasteiger partial charge in [-0.1, -0.05) is 159 Å². The third-order valence-corrected chi connectivity index (χ3v) is 13.6. The summed E-state index contributed by atoms with van der Waals surface area (Å²) < 4.78 is 6.92. The van der Waals surface area contributed by atoms with E-state index in [-0.39, 0.29) is 0 Å². The molecular formula is C69H81Br3N3+3. The van der Waals surface area contributed by atoms with Crippen LogP contribution in [0.2, 0.25) is 0 Å². The summed E-state index contributed by atoms with van der Waals surface area (Å²) in [6.07, 6.45) is 35.8. The van der Waals surface area contributed by atoms with Crippen molar-refractivity contribution in [2.24, 2.45) is 0 Å². The van der Waals surface area contributed by atoms with Crippen LogP contribution in [0.15, 0.2) is 110 Å². The second-order valence-electron chi connectivity index (χ2n) is 18.8. The van der Waals surface area contributed by atoms with Crippen LogP contribution in [0.25, 0.3) is 0 Å². The molecule has 3 heterocycles. The predicted molar refractivity (Wildman–Crippen MR) is 327 cm³/mol. The van der Waals surface area contributed by atoms with E-state index in [0.717, 1.165) is 165 Å². The lowest BCUT2D eigenvalue weighted by atomic mass is 10.1. The number of nitrogens with zero attached hydrogens (tertiary/aromatic N) is 3. The molecule has 0 saturated carbocycles. The Kier molecular flexibility index (Phi) is 34.0. The Bertz CT molecular complexity index is 2510. The third kappa shape index (κ3) is 29.0. The lowest BCUT2D eigenvalue weighted by Gasteiger charge is -2.00. The van der Waals surface area contributed by atoms with E-state index in [2.05, 4.69) is 263 Å². The highest BCUT2D eigenvalue weighted by Gasteiger charge is 2.06. The zero-order valence-corrected chi connectivity index (χ0v) is 50.2. The molecule has 0 unspecified atom stereocenters. The summed E-state index contributed by atoms with van der Waals surface area (Å²) >= 11 is 10.3. The molecule has 0 spiro atoms. The molecular weight excluding hydrogens is 1110 g/mol. The topological polar surface area (TPSA) is 11.6 Å². The van der Waals surface area contributed by atoms with Gasteiger partial charge in [0.25, 0.3) is 0 Å². The summed E-state index contributed by atoms with van der Waals surface area (Å²) in [4.78, 5) is 0. The van der Waals surface area contributed by atoms with Crippen molar-refractivity contribution in [2.45, 2.75) is 175 Å². The average molecular weight is 1190 g/mol. The highest BCUT2D eigenvalue weighted by molar-refractivity contribution is 9.09. The number of hydrogen-bond donors (Lipinski definition) is 0. The SMILES string of the molecule is BrCCCC#Cc1cc(C#CCCCBr)cc(C#CCCCBr)c1.CCCCc1ccc[n+](CCCC#Cc2cc(C#CCCC[n+]3cccc(CCCC)c3)cc(C#CCCC[n+]3cccc(CCCC)c3)c2)c1. The van der Waals surface area contributed by atoms with Gasteiger partial charge in [0.05, 0.1) is 0 Å². The number of hydrogen-bond acceptors (Lipinski definition) is 0. The van der Waals surface area contributed by atoms with Gasteiger partial charge in [0.2, 0.25) is 0 Å². The highest BCUT2D eigenvalue weighted by atomic mass is 79.9. The van der Waals surface area contributed by atoms with Crippen molar-refractivity contribution >= 4 is 47.8 Å². The molecule has 0 aliphatic carbocycles. The molecule has 0 atom stereocenters. The summed E-state index contributed by atoms with van der Waals surface area (Å²) in [5, 5.41) is 2.97. The Hall–Kier alpha value is -5.31. The van der Waals surface area contributed by atoms with Crippen molar-refractivity contribution in [2.75, 3.05) is 16.0 Å². The van der Waals surface area contributed by atoms with Gasteiger partial charge in [-0.15, -0.1) is 0 Å². The Labute approximate surface area is 480 Å². The van der Waals surface area contributed by atoms with Crippen molar-refractivity contribution in [1.29, 1.82) is 0 Å². The molecule has 2 aromatic carbocycles. The first-order valence-electron chi connectivity index (χ1n) is 27.8. The highest BCUT2D eigenvalue weighted by Crippen LogP contribution is 2.12. The van der Waals surface area contributed by atoms with Crippen LogP contribution >= 0.6 is 47.8 Å². The van der Waals surface area contributed by atoms with E-state index in [1.165, 1.54) is 55.2 Å². The van der Waals surface area contributed by atoms with E-state index < -0.39 is 0 Å². The molecule has 0 aliphatic rings. The molecule has 0 fully saturated rings. The fraction of sp³-hybridized carbons (Fsp3) is 0.435. The molecule has 3 aromatic heterocycles. The Morgan fingerprint density at radius 1 is 0.333 bits per heavy atom. The minimum Gasteiger partial charge on any atom is -0.205 e. The number of unbranched alkanes of at least 4 members (excludes halogenated alkanes) is 9. The van der Waals surface area contributed by atoms with Gasteiger partial charge in [0.1, 0.15) is 19.6 Å². The van der Waals surface area contributed by atoms with E-state index in [4.69, 9.17) is 0 Å². The smallest absolute Gasteiger partial charge is 0.171 e. The van der Waals surface area contributed by atoms with Crippen LogP contribution in [0.1, 0.15) is 186 Å². The van der Waals surface area contributed by atoms with Crippen LogP contribution in [0.3, 0.4) is 0 Å². The molecule has 0 bridgehead atoms. The van der Waals surface area contributed by atoms with Gasteiger partial charge < -0.3 is 0 Å². The maximum absolute atomic E-state index is 3.44. The van der Waals surface area contributed by atoms with Crippen molar-refractivity contribution in [3.05, 3.63) is 160 Å². The summed E-state index contributed by atoms with van der Waals surface area (Å²) in [5.74, 6) is 40.0. The first-order chi connectivity index (χ1) is 36.9. The number of aromatic nitrogens is 3. The van der Waals surface area contributed by atoms with Crippen molar-refractivity contribution < 1.29 is 13.7 Å². The molecule has 0 N–H and O–H groups in total. The van der Waals surface area contributed by atoms with Gasteiger partial charge in [-0.2, -0.15) is 0 Å². The standard InChI is InChI=1S/C48H60N3.C21H21Br3/c1-4-7-22-43-28-19-34-49(40-43)31-16-10-13-25-46-37-47(26-14-11-17-32-50-35-20-29-44(41-50)23-8-5-2)39-48(38-46)27-15-12-18-33-51-36-21-30-45(42-51)24-9-6-3;22-13-7-1-4-10-19-16-20(11-5-2-8-14-23)18-21(17-19)12-6-3-9-15-24/h19-21,28-30,34-42H,4-12,16-18,22-24,31-33H2,1-3H3;16-18H,1-3,7-9,13-15H2/q+3;. The maximum atomic E-state index is 3.44. The van der Waals surface area contributed by atoms with Crippen molar-refractivity contribution in [1.82, 2.24) is 0 Å². The van der Waals surface area contributed by atoms with E-state index >= 15 is 0 Å². The van der Waals surface area contributed by atoms with Crippen LogP contribution in [-0.2, 0) is 38.9 Å². The number of benzene rings is 2. The van der Waals surface area contributed by atoms with Gasteiger partial charge in [-0.3, -0.25) is 0 Å². The summed E-state index contributed by atoms with van der Waals surface area (Å²) in [7, 11) is 0. The Balaban J connectivity index is 0.000000424. The molecule has 0 radical (unpaired) electrons. The van der Waals surface area contributed by atoms with E-state index in [0.29, 0.717) is 0 Å². The number of pyridine rings is 3. The zero-order valence-electron chi connectivity index (χ0n) is 45.5. The fourth-order valence-corrected chi connectivity index (χ4v) is 8.76. The number of halogens is 3. The van der Waals surface area contributed by atoms with E-state index in [9.17, 15) is 0 Å². The normalized spacial score (nSPS) is 10.0. The average Bonchev–Trinajstić information content (AvgIpc) is 3.43. The molecule has 0 saturated heterocycles. The first-order valence-corrected chi connectivity index (χ1v) is 31.2. The number of rotatable bonds is 24.